The van der Waals surface area contributed by atoms with Crippen molar-refractivity contribution in [2.75, 3.05) is 5.32 Å². The van der Waals surface area contributed by atoms with Crippen LogP contribution in [0, 0.1) is 0 Å². The van der Waals surface area contributed by atoms with Crippen molar-refractivity contribution in [2.45, 2.75) is 32.7 Å². The fourth-order valence-corrected chi connectivity index (χ4v) is 2.53. The second-order valence-corrected chi connectivity index (χ2v) is 5.85. The van der Waals surface area contributed by atoms with E-state index < -0.39 is 0 Å². The van der Waals surface area contributed by atoms with Crippen molar-refractivity contribution in [3.63, 3.8) is 0 Å². The average Bonchev–Trinajstić information content (AvgIpc) is 2.98. The van der Waals surface area contributed by atoms with E-state index in [-0.39, 0.29) is 6.03 Å². The zero-order chi connectivity index (χ0) is 14.4. The fourth-order valence-electron chi connectivity index (χ4n) is 1.89. The summed E-state index contributed by atoms with van der Waals surface area (Å²) in [6, 6.07) is 11.9. The Morgan fingerprint density at radius 3 is 2.60 bits per heavy atom. The summed E-state index contributed by atoms with van der Waals surface area (Å²) in [5, 5.41) is 7.69. The van der Waals surface area contributed by atoms with Crippen molar-refractivity contribution in [2.24, 2.45) is 0 Å². The van der Waals surface area contributed by atoms with Gasteiger partial charge in [0.05, 0.1) is 6.54 Å². The van der Waals surface area contributed by atoms with E-state index in [1.54, 1.807) is 11.3 Å². The van der Waals surface area contributed by atoms with Crippen molar-refractivity contribution in [3.8, 4) is 0 Å². The lowest BCUT2D eigenvalue weighted by atomic mass is 9.99. The summed E-state index contributed by atoms with van der Waals surface area (Å²) in [6.07, 6.45) is 1.12. The van der Waals surface area contributed by atoms with Crippen LogP contribution < -0.4 is 10.6 Å². The third kappa shape index (κ3) is 4.10. The van der Waals surface area contributed by atoms with Crippen LogP contribution >= 0.6 is 11.3 Å². The predicted molar refractivity (Wildman–Crippen MR) is 85.3 cm³/mol. The van der Waals surface area contributed by atoms with Crippen molar-refractivity contribution in [3.05, 3.63) is 52.2 Å². The largest absolute Gasteiger partial charge is 0.333 e. The van der Waals surface area contributed by atoms with Gasteiger partial charge in [-0.2, -0.15) is 0 Å². The van der Waals surface area contributed by atoms with Crippen LogP contribution in [0.4, 0.5) is 10.5 Å². The molecule has 0 aliphatic heterocycles. The molecule has 1 aromatic carbocycles. The molecule has 0 spiro atoms. The van der Waals surface area contributed by atoms with Gasteiger partial charge >= 0.3 is 6.03 Å². The molecule has 3 nitrogen and oxygen atoms in total. The lowest BCUT2D eigenvalue weighted by molar-refractivity contribution is 0.252. The van der Waals surface area contributed by atoms with Gasteiger partial charge in [0.15, 0.2) is 0 Å². The van der Waals surface area contributed by atoms with Gasteiger partial charge in [0.2, 0.25) is 0 Å². The molecule has 0 unspecified atom stereocenters. The molecule has 20 heavy (non-hydrogen) atoms. The molecule has 0 radical (unpaired) electrons. The molecule has 1 atom stereocenters. The second kappa shape index (κ2) is 7.10. The van der Waals surface area contributed by atoms with Crippen molar-refractivity contribution < 1.29 is 4.79 Å². The van der Waals surface area contributed by atoms with E-state index in [9.17, 15) is 4.79 Å². The van der Waals surface area contributed by atoms with Gasteiger partial charge in [-0.05, 0) is 41.5 Å². The van der Waals surface area contributed by atoms with Gasteiger partial charge in [-0.25, -0.2) is 4.79 Å². The van der Waals surface area contributed by atoms with Crippen LogP contribution in [0.5, 0.6) is 0 Å². The SMILES string of the molecule is CC[C@@H](C)c1ccc(NC(=O)NCc2cccs2)cc1. The highest BCUT2D eigenvalue weighted by Gasteiger charge is 2.05. The Bertz CT molecular complexity index is 534. The third-order valence-electron chi connectivity index (χ3n) is 3.35. The Morgan fingerprint density at radius 2 is 2.00 bits per heavy atom. The topological polar surface area (TPSA) is 41.1 Å². The van der Waals surface area contributed by atoms with Crippen LogP contribution in [0.3, 0.4) is 0 Å². The zero-order valence-corrected chi connectivity index (χ0v) is 12.7. The summed E-state index contributed by atoms with van der Waals surface area (Å²) in [5.41, 5.74) is 2.12. The average molecular weight is 288 g/mol. The molecular weight excluding hydrogens is 268 g/mol. The number of rotatable bonds is 5. The summed E-state index contributed by atoms with van der Waals surface area (Å²) in [7, 11) is 0. The Hall–Kier alpha value is -1.81. The van der Waals surface area contributed by atoms with Crippen LogP contribution in [0.1, 0.15) is 36.6 Å². The number of nitrogens with one attached hydrogen (secondary N) is 2. The van der Waals surface area contributed by atoms with Crippen LogP contribution in [-0.2, 0) is 6.54 Å². The van der Waals surface area contributed by atoms with Crippen molar-refractivity contribution in [1.29, 1.82) is 0 Å². The van der Waals surface area contributed by atoms with Crippen LogP contribution in [-0.4, -0.2) is 6.03 Å². The molecule has 1 aromatic heterocycles. The molecule has 1 heterocycles. The van der Waals surface area contributed by atoms with Gasteiger partial charge in [-0.3, -0.25) is 0 Å². The molecule has 0 aliphatic carbocycles. The maximum atomic E-state index is 11.8. The molecule has 0 saturated heterocycles. The molecule has 0 saturated carbocycles. The first kappa shape index (κ1) is 14.6. The van der Waals surface area contributed by atoms with Gasteiger partial charge in [0, 0.05) is 10.6 Å². The van der Waals surface area contributed by atoms with E-state index in [0.29, 0.717) is 12.5 Å². The summed E-state index contributed by atoms with van der Waals surface area (Å²) in [6.45, 7) is 4.94. The molecule has 106 valence electrons. The quantitative estimate of drug-likeness (QED) is 0.830. The molecule has 2 amide bonds. The van der Waals surface area contributed by atoms with Gasteiger partial charge < -0.3 is 10.6 Å². The number of anilines is 1. The summed E-state index contributed by atoms with van der Waals surface area (Å²) < 4.78 is 0. The molecule has 2 aromatic rings. The molecule has 0 aliphatic rings. The van der Waals surface area contributed by atoms with E-state index in [0.717, 1.165) is 17.0 Å². The monoisotopic (exact) mass is 288 g/mol. The number of carbonyl (C=O) groups is 1. The maximum Gasteiger partial charge on any atom is 0.319 e. The Balaban J connectivity index is 1.84. The van der Waals surface area contributed by atoms with Gasteiger partial charge in [0.1, 0.15) is 0 Å². The summed E-state index contributed by atoms with van der Waals surface area (Å²) >= 11 is 1.64. The van der Waals surface area contributed by atoms with Crippen LogP contribution in [0.15, 0.2) is 41.8 Å². The Morgan fingerprint density at radius 1 is 1.25 bits per heavy atom. The number of carbonyl (C=O) groups excluding carboxylic acids is 1. The molecular formula is C16H20N2OS. The molecule has 4 heteroatoms. The highest BCUT2D eigenvalue weighted by molar-refractivity contribution is 7.09. The molecule has 0 bridgehead atoms. The van der Waals surface area contributed by atoms with E-state index in [4.69, 9.17) is 0 Å². The highest BCUT2D eigenvalue weighted by atomic mass is 32.1. The van der Waals surface area contributed by atoms with E-state index in [2.05, 4.69) is 36.6 Å². The zero-order valence-electron chi connectivity index (χ0n) is 11.8. The Labute approximate surface area is 124 Å². The summed E-state index contributed by atoms with van der Waals surface area (Å²) in [5.74, 6) is 0.553. The standard InChI is InChI=1S/C16H20N2OS/c1-3-12(2)13-6-8-14(9-7-13)18-16(19)17-11-15-5-4-10-20-15/h4-10,12H,3,11H2,1-2H3,(H2,17,18,19)/t12-/m1/s1. The minimum absolute atomic E-state index is 0.172. The Kier molecular flexibility index (Phi) is 5.18. The predicted octanol–water partition coefficient (Wildman–Crippen LogP) is 4.58. The lowest BCUT2D eigenvalue weighted by Crippen LogP contribution is -2.27. The van der Waals surface area contributed by atoms with Gasteiger partial charge in [-0.15, -0.1) is 11.3 Å². The maximum absolute atomic E-state index is 11.8. The highest BCUT2D eigenvalue weighted by Crippen LogP contribution is 2.20. The first-order valence-corrected chi connectivity index (χ1v) is 7.74. The van der Waals surface area contributed by atoms with Crippen LogP contribution in [0.2, 0.25) is 0 Å². The molecule has 0 fully saturated rings. The number of amides is 2. The first-order chi connectivity index (χ1) is 9.69. The number of benzene rings is 1. The number of hydrogen-bond donors (Lipinski definition) is 2. The van der Waals surface area contributed by atoms with E-state index in [1.807, 2.05) is 29.6 Å². The van der Waals surface area contributed by atoms with E-state index in [1.165, 1.54) is 5.56 Å². The minimum atomic E-state index is -0.172. The number of hydrogen-bond acceptors (Lipinski definition) is 2. The van der Waals surface area contributed by atoms with Gasteiger partial charge in [-0.1, -0.05) is 32.0 Å². The fraction of sp³-hybridized carbons (Fsp3) is 0.312. The van der Waals surface area contributed by atoms with Gasteiger partial charge in [0.25, 0.3) is 0 Å². The van der Waals surface area contributed by atoms with E-state index >= 15 is 0 Å². The number of thiophene rings is 1. The first-order valence-electron chi connectivity index (χ1n) is 6.86. The minimum Gasteiger partial charge on any atom is -0.333 e. The third-order valence-corrected chi connectivity index (χ3v) is 4.23. The summed E-state index contributed by atoms with van der Waals surface area (Å²) in [4.78, 5) is 12.9. The molecule has 2 N–H and O–H groups in total. The number of urea groups is 1. The lowest BCUT2D eigenvalue weighted by Gasteiger charge is -2.11. The normalized spacial score (nSPS) is 11.9. The van der Waals surface area contributed by atoms with Crippen LogP contribution in [0.25, 0.3) is 0 Å². The second-order valence-electron chi connectivity index (χ2n) is 4.82. The van der Waals surface area contributed by atoms with Crippen molar-refractivity contribution >= 4 is 23.1 Å². The molecule has 2 rings (SSSR count). The van der Waals surface area contributed by atoms with Crippen molar-refractivity contribution in [1.82, 2.24) is 5.32 Å². The smallest absolute Gasteiger partial charge is 0.319 e.